The first-order chi connectivity index (χ1) is 3.89. The molecular weight excluding hydrogens is 100 g/mol. The van der Waals surface area contributed by atoms with E-state index < -0.39 is 0 Å². The first-order valence-corrected chi connectivity index (χ1v) is 3.03. The van der Waals surface area contributed by atoms with Crippen molar-refractivity contribution in [1.29, 1.82) is 0 Å². The lowest BCUT2D eigenvalue weighted by atomic mass is 10.2. The highest BCUT2D eigenvalue weighted by Crippen LogP contribution is 1.73. The van der Waals surface area contributed by atoms with Crippen molar-refractivity contribution in [3.05, 3.63) is 0 Å². The summed E-state index contributed by atoms with van der Waals surface area (Å²) in [6.07, 6.45) is 4.19. The van der Waals surface area contributed by atoms with Gasteiger partial charge in [0.05, 0.1) is 0 Å². The first kappa shape index (κ1) is 5.48. The highest BCUT2D eigenvalue weighted by molar-refractivity contribution is 5.77. The summed E-state index contributed by atoms with van der Waals surface area (Å²) >= 11 is 0. The summed E-state index contributed by atoms with van der Waals surface area (Å²) in [7, 11) is 0. The monoisotopic (exact) mass is 112 g/mol. The molecule has 8 heavy (non-hydrogen) atoms. The minimum absolute atomic E-state index is 0.553. The van der Waals surface area contributed by atoms with Gasteiger partial charge in [-0.25, -0.2) is 9.98 Å². The Bertz CT molecular complexity index is 102. The Morgan fingerprint density at radius 3 is 2.25 bits per heavy atom. The summed E-state index contributed by atoms with van der Waals surface area (Å²) in [5, 5.41) is 0. The highest BCUT2D eigenvalue weighted by Gasteiger charge is 2.03. The quantitative estimate of drug-likeness (QED) is 0.333. The molecule has 44 valence electrons. The highest BCUT2D eigenvalue weighted by atomic mass is 14.8. The smallest absolute Gasteiger partial charge is 0.198 e. The molecule has 0 unspecified atom stereocenters. The first-order valence-electron chi connectivity index (χ1n) is 3.03. The topological polar surface area (TPSA) is 27.9 Å². The second-order valence-electron chi connectivity index (χ2n) is 2.10. The van der Waals surface area contributed by atoms with Crippen molar-refractivity contribution < 1.29 is 9.98 Å². The number of nitrogens with one attached hydrogen (secondary N) is 2. The molecule has 0 atom stereocenters. The molecule has 0 saturated heterocycles. The van der Waals surface area contributed by atoms with Crippen LogP contribution in [0.3, 0.4) is 0 Å². The van der Waals surface area contributed by atoms with Gasteiger partial charge in [0.2, 0.25) is 0 Å². The van der Waals surface area contributed by atoms with Crippen molar-refractivity contribution in [3.8, 4) is 0 Å². The van der Waals surface area contributed by atoms with Crippen molar-refractivity contribution in [3.63, 3.8) is 0 Å². The fraction of sp³-hybridized carbons (Fsp3) is 0.667. The molecule has 0 aromatic rings. The maximum atomic E-state index is 3.18. The lowest BCUT2D eigenvalue weighted by Crippen LogP contribution is -2.78. The van der Waals surface area contributed by atoms with Crippen molar-refractivity contribution in [2.24, 2.45) is 5.92 Å². The fourth-order valence-electron chi connectivity index (χ4n) is 0.731. The van der Waals surface area contributed by atoms with Crippen LogP contribution in [0.1, 0.15) is 6.92 Å². The van der Waals surface area contributed by atoms with Gasteiger partial charge in [-0.05, 0) is 6.92 Å². The molecule has 0 radical (unpaired) electrons. The third-order valence-corrected chi connectivity index (χ3v) is 1.18. The van der Waals surface area contributed by atoms with Crippen LogP contribution >= 0.6 is 0 Å². The zero-order chi connectivity index (χ0) is 5.82. The Morgan fingerprint density at radius 1 is 1.25 bits per heavy atom. The molecular formula is C6H12N2+2. The van der Waals surface area contributed by atoms with Gasteiger partial charge in [0, 0.05) is 0 Å². The van der Waals surface area contributed by atoms with Crippen molar-refractivity contribution in [1.82, 2.24) is 0 Å². The molecule has 0 spiro atoms. The van der Waals surface area contributed by atoms with Crippen LogP contribution in [0.4, 0.5) is 0 Å². The molecule has 0 bridgehead atoms. The van der Waals surface area contributed by atoms with E-state index in [1.807, 2.05) is 0 Å². The zero-order valence-electron chi connectivity index (χ0n) is 5.15. The maximum Gasteiger partial charge on any atom is 0.198 e. The molecule has 1 aliphatic heterocycles. The largest absolute Gasteiger partial charge is 0.245 e. The van der Waals surface area contributed by atoms with Crippen molar-refractivity contribution in [2.45, 2.75) is 6.92 Å². The van der Waals surface area contributed by atoms with E-state index in [1.54, 1.807) is 0 Å². The third kappa shape index (κ3) is 1.45. The Hall–Kier alpha value is -0.660. The molecule has 0 aromatic carbocycles. The van der Waals surface area contributed by atoms with Crippen molar-refractivity contribution >= 4 is 12.4 Å². The van der Waals surface area contributed by atoms with Crippen LogP contribution < -0.4 is 9.98 Å². The lowest BCUT2D eigenvalue weighted by Gasteiger charge is -1.78. The predicted octanol–water partition coefficient (Wildman–Crippen LogP) is -3.06. The number of rotatable bonds is 0. The standard InChI is InChI=1S/C6H10N2/c1-6-4-7-2-3-8-5-6/h4-6H,2-3H2,1H3/p+2. The average molecular weight is 112 g/mol. The lowest BCUT2D eigenvalue weighted by molar-refractivity contribution is -0.529. The summed E-state index contributed by atoms with van der Waals surface area (Å²) in [5.41, 5.74) is 0. The van der Waals surface area contributed by atoms with Gasteiger partial charge in [-0.2, -0.15) is 0 Å². The third-order valence-electron chi connectivity index (χ3n) is 1.18. The molecule has 1 rings (SSSR count). The SMILES string of the molecule is CC1C=[NH+]CC[NH+]=C1. The number of hydrogen-bond acceptors (Lipinski definition) is 0. The molecule has 0 saturated carbocycles. The van der Waals surface area contributed by atoms with Gasteiger partial charge in [0.15, 0.2) is 25.5 Å². The van der Waals surface area contributed by atoms with Gasteiger partial charge in [-0.1, -0.05) is 0 Å². The molecule has 2 nitrogen and oxygen atoms in total. The van der Waals surface area contributed by atoms with Gasteiger partial charge < -0.3 is 0 Å². The second kappa shape index (κ2) is 2.60. The van der Waals surface area contributed by atoms with Gasteiger partial charge in [-0.3, -0.25) is 0 Å². The van der Waals surface area contributed by atoms with Gasteiger partial charge in [0.1, 0.15) is 5.92 Å². The van der Waals surface area contributed by atoms with Crippen LogP contribution in [0.25, 0.3) is 0 Å². The predicted molar refractivity (Wildman–Crippen MR) is 33.0 cm³/mol. The Kier molecular flexibility index (Phi) is 1.78. The van der Waals surface area contributed by atoms with Crippen LogP contribution in [0.15, 0.2) is 0 Å². The van der Waals surface area contributed by atoms with E-state index in [2.05, 4.69) is 29.3 Å². The van der Waals surface area contributed by atoms with E-state index in [9.17, 15) is 0 Å². The Balaban J connectivity index is 2.51. The van der Waals surface area contributed by atoms with Crippen LogP contribution in [0.2, 0.25) is 0 Å². The van der Waals surface area contributed by atoms with Crippen LogP contribution in [-0.2, 0) is 0 Å². The molecule has 0 fully saturated rings. The van der Waals surface area contributed by atoms with E-state index in [4.69, 9.17) is 0 Å². The van der Waals surface area contributed by atoms with Gasteiger partial charge in [0.25, 0.3) is 0 Å². The average Bonchev–Trinajstić information content (AvgIpc) is 1.94. The summed E-state index contributed by atoms with van der Waals surface area (Å²) in [5.74, 6) is 0.553. The fourth-order valence-corrected chi connectivity index (χ4v) is 0.731. The van der Waals surface area contributed by atoms with Crippen LogP contribution in [0, 0.1) is 5.92 Å². The molecule has 0 aliphatic carbocycles. The van der Waals surface area contributed by atoms with E-state index in [0.29, 0.717) is 5.92 Å². The second-order valence-corrected chi connectivity index (χ2v) is 2.10. The van der Waals surface area contributed by atoms with Crippen LogP contribution in [-0.4, -0.2) is 25.5 Å². The van der Waals surface area contributed by atoms with E-state index in [-0.39, 0.29) is 0 Å². The Labute approximate surface area is 49.3 Å². The molecule has 1 aliphatic rings. The molecule has 0 aromatic heterocycles. The zero-order valence-corrected chi connectivity index (χ0v) is 5.15. The molecule has 1 heterocycles. The molecule has 0 amide bonds. The van der Waals surface area contributed by atoms with Crippen LogP contribution in [0.5, 0.6) is 0 Å². The van der Waals surface area contributed by atoms with Gasteiger partial charge in [-0.15, -0.1) is 0 Å². The Morgan fingerprint density at radius 2 is 1.75 bits per heavy atom. The van der Waals surface area contributed by atoms with Crippen molar-refractivity contribution in [2.75, 3.05) is 13.1 Å². The summed E-state index contributed by atoms with van der Waals surface area (Å²) in [6, 6.07) is 0. The van der Waals surface area contributed by atoms with E-state index in [0.717, 1.165) is 13.1 Å². The summed E-state index contributed by atoms with van der Waals surface area (Å²) < 4.78 is 0. The number of hydrogen-bond donors (Lipinski definition) is 2. The van der Waals surface area contributed by atoms with E-state index >= 15 is 0 Å². The minimum Gasteiger partial charge on any atom is -0.245 e. The summed E-state index contributed by atoms with van der Waals surface area (Å²) in [6.45, 7) is 4.23. The van der Waals surface area contributed by atoms with E-state index in [1.165, 1.54) is 0 Å². The molecule has 2 N–H and O–H groups in total. The van der Waals surface area contributed by atoms with Gasteiger partial charge >= 0.3 is 0 Å². The normalized spacial score (nSPS) is 21.1. The summed E-state index contributed by atoms with van der Waals surface area (Å²) in [4.78, 5) is 6.36. The minimum atomic E-state index is 0.553. The molecule has 2 heteroatoms. The maximum absolute atomic E-state index is 3.18.